The van der Waals surface area contributed by atoms with Crippen molar-refractivity contribution in [1.29, 1.82) is 0 Å². The molecule has 1 unspecified atom stereocenters. The number of hydrogen-bond donors (Lipinski definition) is 2. The third kappa shape index (κ3) is 4.07. The van der Waals surface area contributed by atoms with E-state index in [0.29, 0.717) is 0 Å². The standard InChI is InChI=1S/C22H28N4/c1-6-14-26(15-7-1)16-8-13-24-21-17-22(20-11-4-5-12-23-20)25-19-10-3-2-9-18(19)21/h2-5,9-12,17,20,23H,1,6-8,13-16H2,(H,24,25). The molecule has 1 atom stereocenters. The first kappa shape index (κ1) is 17.1. The number of fused-ring (bicyclic) bond motifs is 1. The Kier molecular flexibility index (Phi) is 5.50. The van der Waals surface area contributed by atoms with Crippen molar-refractivity contribution >= 4 is 16.6 Å². The summed E-state index contributed by atoms with van der Waals surface area (Å²) in [6.45, 7) is 4.74. The Morgan fingerprint density at radius 3 is 2.85 bits per heavy atom. The summed E-state index contributed by atoms with van der Waals surface area (Å²) in [5.41, 5.74) is 3.30. The van der Waals surface area contributed by atoms with E-state index in [4.69, 9.17) is 4.98 Å². The molecule has 4 rings (SSSR count). The molecule has 136 valence electrons. The molecule has 0 amide bonds. The lowest BCUT2D eigenvalue weighted by Gasteiger charge is -2.26. The molecule has 4 nitrogen and oxygen atoms in total. The highest BCUT2D eigenvalue weighted by atomic mass is 15.1. The van der Waals surface area contributed by atoms with Crippen LogP contribution in [0.3, 0.4) is 0 Å². The first-order valence-electron chi connectivity index (χ1n) is 9.85. The van der Waals surface area contributed by atoms with Crippen LogP contribution in [0, 0.1) is 0 Å². The molecule has 2 aliphatic rings. The maximum Gasteiger partial charge on any atom is 0.0869 e. The number of para-hydroxylation sites is 1. The highest BCUT2D eigenvalue weighted by Crippen LogP contribution is 2.27. The normalized spacial score (nSPS) is 20.2. The number of nitrogens with zero attached hydrogens (tertiary/aromatic N) is 2. The van der Waals surface area contributed by atoms with Crippen LogP contribution in [-0.2, 0) is 0 Å². The highest BCUT2D eigenvalue weighted by Gasteiger charge is 2.13. The molecule has 1 aromatic heterocycles. The monoisotopic (exact) mass is 348 g/mol. The molecule has 0 bridgehead atoms. The smallest absolute Gasteiger partial charge is 0.0869 e. The molecular formula is C22H28N4. The van der Waals surface area contributed by atoms with Crippen molar-refractivity contribution in [2.24, 2.45) is 0 Å². The van der Waals surface area contributed by atoms with E-state index in [1.165, 1.54) is 56.4 Å². The number of aromatic nitrogens is 1. The number of likely N-dealkylation sites (tertiary alicyclic amines) is 1. The van der Waals surface area contributed by atoms with Crippen molar-refractivity contribution in [2.75, 3.05) is 31.5 Å². The highest BCUT2D eigenvalue weighted by molar-refractivity contribution is 5.91. The molecule has 0 spiro atoms. The zero-order chi connectivity index (χ0) is 17.6. The molecule has 1 fully saturated rings. The number of piperidine rings is 1. The van der Waals surface area contributed by atoms with Crippen LogP contribution in [0.25, 0.3) is 10.9 Å². The molecule has 26 heavy (non-hydrogen) atoms. The molecule has 1 aromatic carbocycles. The van der Waals surface area contributed by atoms with E-state index in [0.717, 1.165) is 17.8 Å². The number of hydrogen-bond acceptors (Lipinski definition) is 4. The van der Waals surface area contributed by atoms with Crippen molar-refractivity contribution in [2.45, 2.75) is 31.7 Å². The van der Waals surface area contributed by atoms with Gasteiger partial charge >= 0.3 is 0 Å². The summed E-state index contributed by atoms with van der Waals surface area (Å²) in [5.74, 6) is 0. The molecule has 0 aliphatic carbocycles. The van der Waals surface area contributed by atoms with Crippen molar-refractivity contribution < 1.29 is 0 Å². The summed E-state index contributed by atoms with van der Waals surface area (Å²) in [4.78, 5) is 7.47. The first-order valence-corrected chi connectivity index (χ1v) is 9.85. The van der Waals surface area contributed by atoms with Gasteiger partial charge in [-0.3, -0.25) is 4.98 Å². The van der Waals surface area contributed by atoms with E-state index in [9.17, 15) is 0 Å². The Labute approximate surface area is 156 Å². The average Bonchev–Trinajstić information content (AvgIpc) is 2.72. The predicted octanol–water partition coefficient (Wildman–Crippen LogP) is 4.24. The van der Waals surface area contributed by atoms with Crippen LogP contribution in [0.2, 0.25) is 0 Å². The van der Waals surface area contributed by atoms with E-state index in [1.54, 1.807) is 0 Å². The van der Waals surface area contributed by atoms with Crippen LogP contribution in [-0.4, -0.2) is 36.1 Å². The van der Waals surface area contributed by atoms with Gasteiger partial charge in [0.2, 0.25) is 0 Å². The van der Waals surface area contributed by atoms with E-state index in [1.807, 2.05) is 12.3 Å². The van der Waals surface area contributed by atoms with Gasteiger partial charge in [0.15, 0.2) is 0 Å². The minimum Gasteiger partial charge on any atom is -0.384 e. The summed E-state index contributed by atoms with van der Waals surface area (Å²) < 4.78 is 0. The summed E-state index contributed by atoms with van der Waals surface area (Å²) >= 11 is 0. The zero-order valence-corrected chi connectivity index (χ0v) is 15.3. The summed E-state index contributed by atoms with van der Waals surface area (Å²) in [7, 11) is 0. The van der Waals surface area contributed by atoms with Gasteiger partial charge in [-0.25, -0.2) is 0 Å². The Hall–Kier alpha value is -2.33. The quantitative estimate of drug-likeness (QED) is 0.766. The SMILES string of the molecule is C1=CNC(c2cc(NCCCN3CCCCC3)c3ccccc3n2)C=C1. The van der Waals surface area contributed by atoms with Gasteiger partial charge in [-0.15, -0.1) is 0 Å². The molecule has 2 aromatic rings. The topological polar surface area (TPSA) is 40.2 Å². The zero-order valence-electron chi connectivity index (χ0n) is 15.3. The van der Waals surface area contributed by atoms with Crippen molar-refractivity contribution in [1.82, 2.24) is 15.2 Å². The Morgan fingerprint density at radius 1 is 1.12 bits per heavy atom. The molecule has 1 saturated heterocycles. The van der Waals surface area contributed by atoms with E-state index in [2.05, 4.69) is 58.0 Å². The van der Waals surface area contributed by atoms with E-state index in [-0.39, 0.29) is 6.04 Å². The van der Waals surface area contributed by atoms with Gasteiger partial charge in [-0.05, 0) is 63.3 Å². The second kappa shape index (κ2) is 8.37. The van der Waals surface area contributed by atoms with Gasteiger partial charge in [0.1, 0.15) is 0 Å². The number of anilines is 1. The largest absolute Gasteiger partial charge is 0.384 e. The van der Waals surface area contributed by atoms with E-state index >= 15 is 0 Å². The fraction of sp³-hybridized carbons (Fsp3) is 0.409. The summed E-state index contributed by atoms with van der Waals surface area (Å²) in [6, 6.07) is 10.7. The fourth-order valence-electron chi connectivity index (χ4n) is 3.84. The molecule has 2 aliphatic heterocycles. The molecule has 0 saturated carbocycles. The van der Waals surface area contributed by atoms with Crippen LogP contribution >= 0.6 is 0 Å². The van der Waals surface area contributed by atoms with Gasteiger partial charge in [0.25, 0.3) is 0 Å². The number of pyridine rings is 1. The number of nitrogens with one attached hydrogen (secondary N) is 2. The van der Waals surface area contributed by atoms with Crippen LogP contribution in [0.5, 0.6) is 0 Å². The molecule has 4 heteroatoms. The van der Waals surface area contributed by atoms with Crippen molar-refractivity contribution in [3.63, 3.8) is 0 Å². The van der Waals surface area contributed by atoms with Crippen molar-refractivity contribution in [3.05, 3.63) is 60.5 Å². The predicted molar refractivity (Wildman–Crippen MR) is 109 cm³/mol. The average molecular weight is 348 g/mol. The lowest BCUT2D eigenvalue weighted by molar-refractivity contribution is 0.228. The number of allylic oxidation sites excluding steroid dienone is 2. The van der Waals surface area contributed by atoms with Crippen LogP contribution in [0.4, 0.5) is 5.69 Å². The third-order valence-corrected chi connectivity index (χ3v) is 5.26. The first-order chi connectivity index (χ1) is 12.9. The van der Waals surface area contributed by atoms with Crippen LogP contribution in [0.1, 0.15) is 37.4 Å². The molecule has 3 heterocycles. The van der Waals surface area contributed by atoms with Gasteiger partial charge in [0.05, 0.1) is 17.3 Å². The molecule has 0 radical (unpaired) electrons. The van der Waals surface area contributed by atoms with Gasteiger partial charge < -0.3 is 15.5 Å². The second-order valence-electron chi connectivity index (χ2n) is 7.18. The number of dihydropyridines is 1. The van der Waals surface area contributed by atoms with Gasteiger partial charge in [-0.1, -0.05) is 36.8 Å². The minimum atomic E-state index is 0.138. The van der Waals surface area contributed by atoms with Crippen molar-refractivity contribution in [3.8, 4) is 0 Å². The Balaban J connectivity index is 1.45. The Morgan fingerprint density at radius 2 is 2.00 bits per heavy atom. The summed E-state index contributed by atoms with van der Waals surface area (Å²) in [6.07, 6.45) is 13.5. The van der Waals surface area contributed by atoms with E-state index < -0.39 is 0 Å². The third-order valence-electron chi connectivity index (χ3n) is 5.26. The Bertz CT molecular complexity index is 790. The molecule has 2 N–H and O–H groups in total. The van der Waals surface area contributed by atoms with Gasteiger partial charge in [-0.2, -0.15) is 0 Å². The lowest BCUT2D eigenvalue weighted by Crippen LogP contribution is -2.31. The lowest BCUT2D eigenvalue weighted by atomic mass is 10.1. The maximum atomic E-state index is 4.87. The number of rotatable bonds is 6. The maximum absolute atomic E-state index is 4.87. The second-order valence-corrected chi connectivity index (χ2v) is 7.18. The van der Waals surface area contributed by atoms with Crippen LogP contribution in [0.15, 0.2) is 54.8 Å². The van der Waals surface area contributed by atoms with Crippen LogP contribution < -0.4 is 10.6 Å². The van der Waals surface area contributed by atoms with Gasteiger partial charge in [0, 0.05) is 17.6 Å². The summed E-state index contributed by atoms with van der Waals surface area (Å²) in [5, 5.41) is 8.24. The number of benzene rings is 1. The molecular weight excluding hydrogens is 320 g/mol. The fourth-order valence-corrected chi connectivity index (χ4v) is 3.84. The minimum absolute atomic E-state index is 0.138.